The number of benzene rings is 2. The Kier molecular flexibility index (Phi) is 6.58. The van der Waals surface area contributed by atoms with E-state index in [0.717, 1.165) is 43.9 Å². The minimum absolute atomic E-state index is 0.0981. The van der Waals surface area contributed by atoms with Crippen LogP contribution in [-0.4, -0.2) is 39.7 Å². The maximum Gasteiger partial charge on any atom is 0.277 e. The van der Waals surface area contributed by atoms with Gasteiger partial charge in [-0.3, -0.25) is 29.8 Å². The second kappa shape index (κ2) is 9.33. The van der Waals surface area contributed by atoms with E-state index in [1.807, 2.05) is 0 Å². The number of hydrogen-bond donors (Lipinski definition) is 1. The van der Waals surface area contributed by atoms with Gasteiger partial charge in [0, 0.05) is 36.5 Å². The molecule has 31 heavy (non-hydrogen) atoms. The molecule has 1 aliphatic rings. The first kappa shape index (κ1) is 21.9. The Bertz CT molecular complexity index is 983. The molecule has 162 valence electrons. The molecule has 1 saturated carbocycles. The summed E-state index contributed by atoms with van der Waals surface area (Å²) >= 11 is 0. The van der Waals surface area contributed by atoms with Crippen molar-refractivity contribution in [3.63, 3.8) is 0 Å². The number of carbonyl (C=O) groups excluding carboxylic acids is 2. The van der Waals surface area contributed by atoms with Gasteiger partial charge in [0.15, 0.2) is 0 Å². The highest BCUT2D eigenvalue weighted by molar-refractivity contribution is 6.05. The number of amides is 2. The molecule has 0 radical (unpaired) electrons. The highest BCUT2D eigenvalue weighted by Gasteiger charge is 2.23. The smallest absolute Gasteiger partial charge is 0.277 e. The molecule has 2 amide bonds. The first-order chi connectivity index (χ1) is 14.8. The third kappa shape index (κ3) is 5.21. The highest BCUT2D eigenvalue weighted by atomic mass is 16.6. The molecular weight excluding hydrogens is 404 g/mol. The van der Waals surface area contributed by atoms with Crippen LogP contribution in [-0.2, 0) is 0 Å². The lowest BCUT2D eigenvalue weighted by atomic mass is 9.94. The maximum absolute atomic E-state index is 12.7. The van der Waals surface area contributed by atoms with Gasteiger partial charge in [0.25, 0.3) is 23.2 Å². The topological polar surface area (TPSA) is 136 Å². The van der Waals surface area contributed by atoms with E-state index in [4.69, 9.17) is 0 Å². The maximum atomic E-state index is 12.7. The van der Waals surface area contributed by atoms with Gasteiger partial charge in [-0.25, -0.2) is 0 Å². The van der Waals surface area contributed by atoms with Crippen LogP contribution in [0.5, 0.6) is 0 Å². The van der Waals surface area contributed by atoms with Gasteiger partial charge in [0.2, 0.25) is 0 Å². The summed E-state index contributed by atoms with van der Waals surface area (Å²) in [6.07, 6.45) is 5.41. The molecule has 1 aliphatic carbocycles. The molecule has 10 nitrogen and oxygen atoms in total. The fourth-order valence-electron chi connectivity index (χ4n) is 3.67. The Balaban J connectivity index is 1.72. The lowest BCUT2D eigenvalue weighted by Gasteiger charge is -2.31. The molecule has 0 atom stereocenters. The Labute approximate surface area is 178 Å². The molecule has 3 rings (SSSR count). The molecule has 0 saturated heterocycles. The van der Waals surface area contributed by atoms with Crippen LogP contribution in [0.4, 0.5) is 17.1 Å². The van der Waals surface area contributed by atoms with Crippen LogP contribution in [0.1, 0.15) is 52.8 Å². The minimum atomic E-state index is -0.799. The number of carbonyl (C=O) groups is 2. The van der Waals surface area contributed by atoms with Crippen molar-refractivity contribution < 1.29 is 19.4 Å². The largest absolute Gasteiger partial charge is 0.339 e. The van der Waals surface area contributed by atoms with Crippen LogP contribution in [0.3, 0.4) is 0 Å². The standard InChI is InChI=1S/C21H22N4O6/c1-23(17-5-3-2-4-6-17)21(27)14-7-9-16(10-8-14)22-20(26)15-11-18(24(28)29)13-19(12-15)25(30)31/h7-13,17H,2-6H2,1H3,(H,22,26). The summed E-state index contributed by atoms with van der Waals surface area (Å²) in [6, 6.07) is 9.24. The van der Waals surface area contributed by atoms with Gasteiger partial charge in [0.05, 0.1) is 21.5 Å². The lowest BCUT2D eigenvalue weighted by molar-refractivity contribution is -0.394. The lowest BCUT2D eigenvalue weighted by Crippen LogP contribution is -2.38. The number of hydrogen-bond acceptors (Lipinski definition) is 6. The number of nitrogens with zero attached hydrogens (tertiary/aromatic N) is 3. The summed E-state index contributed by atoms with van der Waals surface area (Å²) in [5, 5.41) is 24.5. The number of non-ortho nitro benzene ring substituents is 2. The van der Waals surface area contributed by atoms with Gasteiger partial charge in [0.1, 0.15) is 0 Å². The van der Waals surface area contributed by atoms with E-state index in [1.165, 1.54) is 6.42 Å². The van der Waals surface area contributed by atoms with E-state index in [0.29, 0.717) is 11.3 Å². The minimum Gasteiger partial charge on any atom is -0.339 e. The second-order valence-electron chi connectivity index (χ2n) is 7.49. The molecule has 2 aromatic carbocycles. The third-order valence-corrected chi connectivity index (χ3v) is 5.42. The van der Waals surface area contributed by atoms with Gasteiger partial charge in [-0.1, -0.05) is 19.3 Å². The van der Waals surface area contributed by atoms with Crippen molar-refractivity contribution in [1.29, 1.82) is 0 Å². The molecule has 2 aromatic rings. The first-order valence-electron chi connectivity index (χ1n) is 9.88. The average Bonchev–Trinajstić information content (AvgIpc) is 2.78. The molecule has 0 aliphatic heterocycles. The van der Waals surface area contributed by atoms with Crippen molar-refractivity contribution in [2.45, 2.75) is 38.1 Å². The quantitative estimate of drug-likeness (QED) is 0.544. The molecule has 0 aromatic heterocycles. The average molecular weight is 426 g/mol. The molecule has 0 bridgehead atoms. The van der Waals surface area contributed by atoms with Gasteiger partial charge >= 0.3 is 0 Å². The molecule has 1 fully saturated rings. The number of nitro groups is 2. The summed E-state index contributed by atoms with van der Waals surface area (Å²) < 4.78 is 0. The monoisotopic (exact) mass is 426 g/mol. The zero-order valence-corrected chi connectivity index (χ0v) is 16.9. The molecule has 1 N–H and O–H groups in total. The van der Waals surface area contributed by atoms with Gasteiger partial charge in [-0.15, -0.1) is 0 Å². The normalized spacial score (nSPS) is 14.0. The van der Waals surface area contributed by atoms with Gasteiger partial charge in [-0.05, 0) is 37.1 Å². The van der Waals surface area contributed by atoms with Crippen LogP contribution in [0.2, 0.25) is 0 Å². The van der Waals surface area contributed by atoms with Crippen molar-refractivity contribution in [3.05, 3.63) is 73.8 Å². The number of rotatable bonds is 6. The predicted octanol–water partition coefficient (Wildman–Crippen LogP) is 4.16. The van der Waals surface area contributed by atoms with E-state index in [-0.39, 0.29) is 17.5 Å². The fraction of sp³-hybridized carbons (Fsp3) is 0.333. The van der Waals surface area contributed by atoms with Crippen molar-refractivity contribution in [1.82, 2.24) is 4.90 Å². The van der Waals surface area contributed by atoms with E-state index in [9.17, 15) is 29.8 Å². The zero-order chi connectivity index (χ0) is 22.5. The van der Waals surface area contributed by atoms with E-state index in [2.05, 4.69) is 5.32 Å². The summed E-state index contributed by atoms with van der Waals surface area (Å²) in [5.41, 5.74) is -0.469. The molecular formula is C21H22N4O6. The van der Waals surface area contributed by atoms with Gasteiger partial charge in [-0.2, -0.15) is 0 Å². The SMILES string of the molecule is CN(C(=O)c1ccc(NC(=O)c2cc([N+](=O)[O-])cc([N+](=O)[O-])c2)cc1)C1CCCCC1. The number of nitro benzene ring substituents is 2. The Hall–Kier alpha value is -3.82. The van der Waals surface area contributed by atoms with E-state index < -0.39 is 27.1 Å². The van der Waals surface area contributed by atoms with Crippen LogP contribution in [0, 0.1) is 20.2 Å². The van der Waals surface area contributed by atoms with Crippen LogP contribution in [0.25, 0.3) is 0 Å². The van der Waals surface area contributed by atoms with E-state index in [1.54, 1.807) is 36.2 Å². The summed E-state index contributed by atoms with van der Waals surface area (Å²) in [5.74, 6) is -0.829. The Morgan fingerprint density at radius 3 is 1.97 bits per heavy atom. The van der Waals surface area contributed by atoms with E-state index >= 15 is 0 Å². The Morgan fingerprint density at radius 2 is 1.45 bits per heavy atom. The second-order valence-corrected chi connectivity index (χ2v) is 7.49. The van der Waals surface area contributed by atoms with Crippen molar-refractivity contribution in [3.8, 4) is 0 Å². The van der Waals surface area contributed by atoms with Crippen molar-refractivity contribution >= 4 is 28.9 Å². The molecule has 0 spiro atoms. The summed E-state index contributed by atoms with van der Waals surface area (Å²) in [6.45, 7) is 0. The van der Waals surface area contributed by atoms with Crippen LogP contribution in [0.15, 0.2) is 42.5 Å². The van der Waals surface area contributed by atoms with Crippen LogP contribution < -0.4 is 5.32 Å². The molecule has 10 heteroatoms. The fourth-order valence-corrected chi connectivity index (χ4v) is 3.67. The first-order valence-corrected chi connectivity index (χ1v) is 9.88. The van der Waals surface area contributed by atoms with Crippen molar-refractivity contribution in [2.75, 3.05) is 12.4 Å². The van der Waals surface area contributed by atoms with Gasteiger partial charge < -0.3 is 10.2 Å². The van der Waals surface area contributed by atoms with Crippen molar-refractivity contribution in [2.24, 2.45) is 0 Å². The zero-order valence-electron chi connectivity index (χ0n) is 16.9. The Morgan fingerprint density at radius 1 is 0.903 bits per heavy atom. The van der Waals surface area contributed by atoms with Crippen LogP contribution >= 0.6 is 0 Å². The summed E-state index contributed by atoms with van der Waals surface area (Å²) in [4.78, 5) is 47.3. The molecule has 0 unspecified atom stereocenters. The number of nitrogens with one attached hydrogen (secondary N) is 1. The third-order valence-electron chi connectivity index (χ3n) is 5.42. The number of anilines is 1. The highest BCUT2D eigenvalue weighted by Crippen LogP contribution is 2.25. The predicted molar refractivity (Wildman–Crippen MR) is 113 cm³/mol. The summed E-state index contributed by atoms with van der Waals surface area (Å²) in [7, 11) is 1.79. The molecule has 0 heterocycles.